The number of sulfonamides is 2. The first-order chi connectivity index (χ1) is 23.7. The molecule has 0 unspecified atom stereocenters. The summed E-state index contributed by atoms with van der Waals surface area (Å²) in [6.07, 6.45) is 17.1. The number of nitrogen functional groups attached to an aromatic ring is 2. The zero-order valence-electron chi connectivity index (χ0n) is 28.1. The van der Waals surface area contributed by atoms with Gasteiger partial charge >= 0.3 is 0 Å². The molecule has 12 nitrogen and oxygen atoms in total. The summed E-state index contributed by atoms with van der Waals surface area (Å²) in [7, 11) is -7.90. The number of azo groups is 1. The summed E-state index contributed by atoms with van der Waals surface area (Å²) in [5, 5.41) is 14.3. The molecule has 2 aromatic rings. The van der Waals surface area contributed by atoms with Crippen molar-refractivity contribution in [1.82, 2.24) is 5.01 Å². The van der Waals surface area contributed by atoms with Crippen LogP contribution in [0.5, 0.6) is 0 Å². The highest BCUT2D eigenvalue weighted by Gasteiger charge is 2.39. The summed E-state index contributed by atoms with van der Waals surface area (Å²) < 4.78 is 83.1. The molecule has 0 atom stereocenters. The molecule has 0 bridgehead atoms. The van der Waals surface area contributed by atoms with Gasteiger partial charge in [0.25, 0.3) is 20.0 Å². The number of hydrogen-bond acceptors (Lipinski definition) is 12. The van der Waals surface area contributed by atoms with Crippen LogP contribution in [0.15, 0.2) is 70.3 Å². The highest BCUT2D eigenvalue weighted by atomic mass is 32.2. The molecular formula is C31H42F2N8O4S5. The maximum atomic E-state index is 13.6. The van der Waals surface area contributed by atoms with Crippen LogP contribution in [-0.4, -0.2) is 76.0 Å². The van der Waals surface area contributed by atoms with Crippen LogP contribution in [0.1, 0.15) is 51.4 Å². The normalized spacial score (nSPS) is 19.0. The van der Waals surface area contributed by atoms with E-state index in [0.29, 0.717) is 16.3 Å². The third-order valence-corrected chi connectivity index (χ3v) is 14.2. The Morgan fingerprint density at radius 3 is 1.70 bits per heavy atom. The van der Waals surface area contributed by atoms with Gasteiger partial charge in [0.15, 0.2) is 5.17 Å². The van der Waals surface area contributed by atoms with Crippen molar-refractivity contribution < 1.29 is 25.6 Å². The molecule has 0 saturated heterocycles. The molecule has 6 rings (SSSR count). The van der Waals surface area contributed by atoms with Crippen molar-refractivity contribution in [3.05, 3.63) is 48.0 Å². The molecule has 2 fully saturated rings. The molecule has 2 spiro atoms. The van der Waals surface area contributed by atoms with Gasteiger partial charge in [0, 0.05) is 17.0 Å². The van der Waals surface area contributed by atoms with Crippen LogP contribution in [0.4, 0.5) is 20.2 Å². The maximum Gasteiger partial charge on any atom is 0.284 e. The maximum absolute atomic E-state index is 13.6. The van der Waals surface area contributed by atoms with Gasteiger partial charge in [-0.15, -0.1) is 32.3 Å². The summed E-state index contributed by atoms with van der Waals surface area (Å²) >= 11 is 3.63. The van der Waals surface area contributed by atoms with Gasteiger partial charge in [-0.05, 0) is 80.8 Å². The summed E-state index contributed by atoms with van der Waals surface area (Å²) in [5.41, 5.74) is 11.1. The summed E-state index contributed by atoms with van der Waals surface area (Å²) in [6.45, 7) is 2.68. The van der Waals surface area contributed by atoms with Gasteiger partial charge in [0.05, 0.1) is 40.8 Å². The fourth-order valence-electron chi connectivity index (χ4n) is 5.94. The van der Waals surface area contributed by atoms with Gasteiger partial charge in [-0.3, -0.25) is 0 Å². The third kappa shape index (κ3) is 10.2. The second-order valence-corrected chi connectivity index (χ2v) is 18.2. The Labute approximate surface area is 305 Å². The van der Waals surface area contributed by atoms with Crippen LogP contribution >= 0.6 is 35.3 Å². The lowest BCUT2D eigenvalue weighted by Gasteiger charge is -2.22. The monoisotopic (exact) mass is 788 g/mol. The third-order valence-electron chi connectivity index (χ3n) is 8.80. The molecule has 0 amide bonds. The minimum absolute atomic E-state index is 0.0353. The van der Waals surface area contributed by atoms with Crippen LogP contribution in [0.3, 0.4) is 0 Å². The Balaban J connectivity index is 0.000000186. The summed E-state index contributed by atoms with van der Waals surface area (Å²) in [6, 6.07) is 6.66. The molecule has 2 aliphatic heterocycles. The average Bonchev–Trinajstić information content (AvgIpc) is 3.93. The second kappa shape index (κ2) is 17.2. The highest BCUT2D eigenvalue weighted by molar-refractivity contribution is 8.38. The van der Waals surface area contributed by atoms with E-state index in [2.05, 4.69) is 24.1 Å². The van der Waals surface area contributed by atoms with E-state index in [1.54, 1.807) is 23.8 Å². The molecular weight excluding hydrogens is 747 g/mol. The summed E-state index contributed by atoms with van der Waals surface area (Å²) in [4.78, 5) is -0.427. The van der Waals surface area contributed by atoms with Gasteiger partial charge < -0.3 is 11.5 Å². The van der Waals surface area contributed by atoms with E-state index < -0.39 is 31.7 Å². The number of anilines is 2. The van der Waals surface area contributed by atoms with Gasteiger partial charge in [-0.25, -0.2) is 13.8 Å². The number of benzene rings is 2. The minimum atomic E-state index is -4.03. The first kappa shape index (κ1) is 40.0. The molecule has 50 heavy (non-hydrogen) atoms. The van der Waals surface area contributed by atoms with Crippen molar-refractivity contribution >= 4 is 82.5 Å². The van der Waals surface area contributed by atoms with Crippen molar-refractivity contribution in [2.75, 3.05) is 49.9 Å². The Morgan fingerprint density at radius 1 is 0.760 bits per heavy atom. The number of nitrogens with zero attached hydrogens (tertiary/aromatic N) is 6. The van der Waals surface area contributed by atoms with Crippen molar-refractivity contribution in [3.63, 3.8) is 0 Å². The molecule has 2 aliphatic carbocycles. The standard InChI is InChI=1S/C15H19FN4O2S2.C9H11FN2O2S3.C7H12N2/c1-23-14(20-10-15(9-18-20)6-2-3-7-15)19-24(21,22)11-4-5-13(17)12(16)8-11;1-15-9(16-2)12-17(13,14)6-3-4-8(11)7(10)5-6;1-2-4-7(3-1)5-8-9-6-7/h4-5,8-9H,2-3,6-7,10,17H2,1H3;3-5H,11H2,1-2H3;1-6H2. The fraction of sp³-hybridized carbons (Fsp3) is 0.516. The first-order valence-corrected chi connectivity index (χ1v) is 22.3. The SMILES string of the molecule is C1CCC2(C1)CN=NC2.CSC(=NS(=O)(=O)c1ccc(N)c(F)c1)N1CC2(C=N1)CCCC2.CSC(=NS(=O)(=O)c1ccc(N)c(F)c1)SC. The molecule has 4 N–H and O–H groups in total. The molecule has 0 radical (unpaired) electrons. The lowest BCUT2D eigenvalue weighted by molar-refractivity contribution is 0.352. The van der Waals surface area contributed by atoms with Crippen molar-refractivity contribution in [2.24, 2.45) is 35.0 Å². The molecule has 19 heteroatoms. The van der Waals surface area contributed by atoms with Crippen molar-refractivity contribution in [2.45, 2.75) is 61.2 Å². The summed E-state index contributed by atoms with van der Waals surface area (Å²) in [5.74, 6) is -1.54. The number of amidine groups is 1. The van der Waals surface area contributed by atoms with E-state index in [0.717, 1.165) is 50.9 Å². The van der Waals surface area contributed by atoms with Crippen LogP contribution in [0.2, 0.25) is 0 Å². The van der Waals surface area contributed by atoms with Crippen LogP contribution in [-0.2, 0) is 20.0 Å². The smallest absolute Gasteiger partial charge is 0.284 e. The lowest BCUT2D eigenvalue weighted by atomic mass is 9.88. The fourth-order valence-corrected chi connectivity index (χ4v) is 10.4. The predicted octanol–water partition coefficient (Wildman–Crippen LogP) is 6.87. The molecule has 2 heterocycles. The second-order valence-electron chi connectivity index (χ2n) is 12.3. The van der Waals surface area contributed by atoms with E-state index in [4.69, 9.17) is 11.5 Å². The predicted molar refractivity (Wildman–Crippen MR) is 203 cm³/mol. The largest absolute Gasteiger partial charge is 0.396 e. The molecule has 2 saturated carbocycles. The highest BCUT2D eigenvalue weighted by Crippen LogP contribution is 2.42. The average molecular weight is 789 g/mol. The lowest BCUT2D eigenvalue weighted by Crippen LogP contribution is -2.30. The molecule has 2 aromatic carbocycles. The van der Waals surface area contributed by atoms with E-state index >= 15 is 0 Å². The molecule has 4 aliphatic rings. The number of thioether (sulfide) groups is 3. The number of hydrazone groups is 1. The van der Waals surface area contributed by atoms with Crippen LogP contribution in [0, 0.1) is 22.5 Å². The number of hydrogen-bond donors (Lipinski definition) is 2. The van der Waals surface area contributed by atoms with Crippen molar-refractivity contribution in [1.29, 1.82) is 0 Å². The van der Waals surface area contributed by atoms with E-state index in [1.807, 2.05) is 6.21 Å². The van der Waals surface area contributed by atoms with Gasteiger partial charge in [0.2, 0.25) is 0 Å². The van der Waals surface area contributed by atoms with Gasteiger partial charge in [-0.1, -0.05) is 37.4 Å². The van der Waals surface area contributed by atoms with Crippen LogP contribution < -0.4 is 11.5 Å². The van der Waals surface area contributed by atoms with E-state index in [-0.39, 0.29) is 31.7 Å². The zero-order valence-corrected chi connectivity index (χ0v) is 32.2. The van der Waals surface area contributed by atoms with Crippen LogP contribution in [0.25, 0.3) is 0 Å². The number of nitrogens with two attached hydrogens (primary N) is 2. The van der Waals surface area contributed by atoms with E-state index in [1.165, 1.54) is 85.2 Å². The molecule has 274 valence electrons. The Morgan fingerprint density at radius 2 is 1.24 bits per heavy atom. The van der Waals surface area contributed by atoms with Crippen molar-refractivity contribution in [3.8, 4) is 0 Å². The van der Waals surface area contributed by atoms with E-state index in [9.17, 15) is 25.6 Å². The Hall–Kier alpha value is -2.74. The first-order valence-electron chi connectivity index (χ1n) is 15.7. The Bertz CT molecular complexity index is 1850. The number of rotatable bonds is 4. The molecule has 0 aromatic heterocycles. The van der Waals surface area contributed by atoms with Gasteiger partial charge in [-0.2, -0.15) is 32.2 Å². The zero-order chi connectivity index (χ0) is 36.6. The number of halogens is 2. The topological polar surface area (TPSA) is 185 Å². The van der Waals surface area contributed by atoms with Gasteiger partial charge in [0.1, 0.15) is 16.0 Å². The minimum Gasteiger partial charge on any atom is -0.396 e. The Kier molecular flexibility index (Phi) is 13.8. The quantitative estimate of drug-likeness (QED) is 0.188.